The summed E-state index contributed by atoms with van der Waals surface area (Å²) < 4.78 is 11.7. The Kier molecular flexibility index (Phi) is 13.1. The van der Waals surface area contributed by atoms with Crippen LogP contribution in [0.25, 0.3) is 0 Å². The predicted octanol–water partition coefficient (Wildman–Crippen LogP) is 7.17. The van der Waals surface area contributed by atoms with Crippen LogP contribution in [0.2, 0.25) is 0 Å². The summed E-state index contributed by atoms with van der Waals surface area (Å²) in [5.74, 6) is 6.20. The van der Waals surface area contributed by atoms with Gasteiger partial charge in [0.15, 0.2) is 0 Å². The van der Waals surface area contributed by atoms with Crippen molar-refractivity contribution in [2.45, 2.75) is 72.0 Å². The summed E-state index contributed by atoms with van der Waals surface area (Å²) in [6.07, 6.45) is 16.3. The van der Waals surface area contributed by atoms with Crippen molar-refractivity contribution in [3.8, 4) is 17.6 Å². The fourth-order valence-electron chi connectivity index (χ4n) is 4.36. The van der Waals surface area contributed by atoms with E-state index in [1.54, 1.807) is 24.3 Å². The lowest BCUT2D eigenvalue weighted by molar-refractivity contribution is -0.140. The maximum absolute atomic E-state index is 12.4. The Morgan fingerprint density at radius 3 is 2.69 bits per heavy atom. The number of halogens is 1. The Morgan fingerprint density at radius 1 is 1.21 bits per heavy atom. The number of benzene rings is 1. The van der Waals surface area contributed by atoms with Crippen molar-refractivity contribution in [3.05, 3.63) is 76.8 Å². The number of cyclic esters (lactones) is 1. The van der Waals surface area contributed by atoms with E-state index in [-0.39, 0.29) is 29.1 Å². The minimum Gasteiger partial charge on any atom is -0.507 e. The fourth-order valence-corrected chi connectivity index (χ4v) is 4.77. The lowest BCUT2D eigenvalue weighted by Crippen LogP contribution is -2.26. The first-order chi connectivity index (χ1) is 18.4. The molecule has 0 saturated heterocycles. The van der Waals surface area contributed by atoms with Gasteiger partial charge in [0, 0.05) is 12.5 Å². The van der Waals surface area contributed by atoms with Crippen LogP contribution in [0.3, 0.4) is 0 Å². The van der Waals surface area contributed by atoms with Gasteiger partial charge in [-0.15, -0.1) is 0 Å². The molecule has 3 N–H and O–H groups in total. The molecule has 4 atom stereocenters. The molecule has 0 aromatic heterocycles. The van der Waals surface area contributed by atoms with E-state index in [0.29, 0.717) is 30.2 Å². The molecule has 0 fully saturated rings. The van der Waals surface area contributed by atoms with Gasteiger partial charge < -0.3 is 20.3 Å². The van der Waals surface area contributed by atoms with E-state index in [2.05, 4.69) is 48.5 Å². The second kappa shape index (κ2) is 16.0. The Labute approximate surface area is 241 Å². The zero-order chi connectivity index (χ0) is 28.8. The monoisotopic (exact) mass is 597 g/mol. The van der Waals surface area contributed by atoms with Gasteiger partial charge in [-0.25, -0.2) is 9.59 Å². The van der Waals surface area contributed by atoms with E-state index >= 15 is 0 Å². The summed E-state index contributed by atoms with van der Waals surface area (Å²) in [6, 6.07) is 5.47. The Balaban J connectivity index is 2.05. The Hall–Kier alpha value is -3.24. The third kappa shape index (κ3) is 12.9. The molecule has 1 aromatic carbocycles. The highest BCUT2D eigenvalue weighted by Crippen LogP contribution is 2.32. The van der Waals surface area contributed by atoms with Crippen LogP contribution in [0.1, 0.15) is 58.9 Å². The molecule has 210 valence electrons. The molecule has 1 aromatic rings. The van der Waals surface area contributed by atoms with E-state index in [0.717, 1.165) is 12.0 Å². The number of rotatable bonds is 5. The summed E-state index contributed by atoms with van der Waals surface area (Å²) in [5, 5.41) is 9.91. The highest BCUT2D eigenvalue weighted by Gasteiger charge is 2.19. The van der Waals surface area contributed by atoms with Gasteiger partial charge in [-0.2, -0.15) is 0 Å². The molecule has 1 aliphatic heterocycles. The molecule has 6 nitrogen and oxygen atoms in total. The fraction of sp³-hybridized carbons (Fsp3) is 0.438. The highest BCUT2D eigenvalue weighted by atomic mass is 79.9. The van der Waals surface area contributed by atoms with Crippen molar-refractivity contribution in [1.29, 1.82) is 0 Å². The third-order valence-electron chi connectivity index (χ3n) is 6.28. The van der Waals surface area contributed by atoms with Crippen LogP contribution in [-0.4, -0.2) is 29.4 Å². The minimum atomic E-state index is -0.766. The van der Waals surface area contributed by atoms with Gasteiger partial charge in [0.25, 0.3) is 0 Å². The van der Waals surface area contributed by atoms with Crippen molar-refractivity contribution in [2.24, 2.45) is 23.0 Å². The van der Waals surface area contributed by atoms with Crippen LogP contribution in [-0.2, 0) is 20.7 Å². The van der Waals surface area contributed by atoms with Gasteiger partial charge in [-0.3, -0.25) is 0 Å². The first-order valence-electron chi connectivity index (χ1n) is 13.3. The minimum absolute atomic E-state index is 0.161. The number of phenols is 1. The van der Waals surface area contributed by atoms with Crippen molar-refractivity contribution in [1.82, 2.24) is 0 Å². The lowest BCUT2D eigenvalue weighted by atomic mass is 9.85. The standard InChI is InChI=1S/C32H40BrNO5/c1-23-12-9-16-26(38-29(36)18-10-13-24(2)21-27(20-23)39-31(34)37)15-7-5-6-8-19-32(3,4)22-25-14-11-17-28(35)30(25)33/h7-12,14-15,17-19,23-24,26-27,35H,13,16,20-22H2,1-4H3,(H2,34,37)/b12-9+,15-7+,18-10-,19-8+. The molecule has 7 heteroatoms. The van der Waals surface area contributed by atoms with Gasteiger partial charge in [0.1, 0.15) is 18.0 Å². The van der Waals surface area contributed by atoms with Crippen LogP contribution in [0.5, 0.6) is 5.75 Å². The maximum atomic E-state index is 12.4. The molecule has 0 saturated carbocycles. The average Bonchev–Trinajstić information content (AvgIpc) is 2.82. The maximum Gasteiger partial charge on any atom is 0.404 e. The molecule has 1 heterocycles. The second-order valence-corrected chi connectivity index (χ2v) is 11.6. The van der Waals surface area contributed by atoms with Crippen LogP contribution < -0.4 is 5.73 Å². The number of carbonyl (C=O) groups excluding carboxylic acids is 2. The molecule has 0 spiro atoms. The Bertz CT molecular complexity index is 1150. The van der Waals surface area contributed by atoms with Crippen LogP contribution in [0.4, 0.5) is 4.79 Å². The molecule has 0 radical (unpaired) electrons. The molecular weight excluding hydrogens is 558 g/mol. The zero-order valence-electron chi connectivity index (χ0n) is 23.2. The van der Waals surface area contributed by atoms with Crippen LogP contribution >= 0.6 is 15.9 Å². The number of phenolic OH excluding ortho intramolecular Hbond substituents is 1. The highest BCUT2D eigenvalue weighted by molar-refractivity contribution is 9.10. The number of ether oxygens (including phenoxy) is 2. The topological polar surface area (TPSA) is 98.8 Å². The molecule has 1 amide bonds. The normalized spacial score (nSPS) is 24.8. The van der Waals surface area contributed by atoms with Crippen molar-refractivity contribution in [3.63, 3.8) is 0 Å². The number of esters is 1. The number of primary amides is 1. The third-order valence-corrected chi connectivity index (χ3v) is 7.19. The second-order valence-electron chi connectivity index (χ2n) is 10.8. The van der Waals surface area contributed by atoms with Gasteiger partial charge in [0.05, 0.1) is 4.47 Å². The molecule has 0 aliphatic carbocycles. The summed E-state index contributed by atoms with van der Waals surface area (Å²) in [5.41, 5.74) is 6.12. The molecule has 1 aliphatic rings. The number of nitrogens with two attached hydrogens (primary N) is 1. The van der Waals surface area contributed by atoms with Gasteiger partial charge >= 0.3 is 12.1 Å². The molecule has 2 rings (SSSR count). The van der Waals surface area contributed by atoms with E-state index in [1.165, 1.54) is 6.08 Å². The number of aromatic hydroxyl groups is 1. The van der Waals surface area contributed by atoms with E-state index in [4.69, 9.17) is 15.2 Å². The summed E-state index contributed by atoms with van der Waals surface area (Å²) in [7, 11) is 0. The SMILES string of the molecule is CC1/C=C/CC(/C=C/C#C/C=C/C(C)(C)Cc2cccc(O)c2Br)OC(=O)/C=C\CC(C)CC(OC(N)=O)C1. The average molecular weight is 599 g/mol. The lowest BCUT2D eigenvalue weighted by Gasteiger charge is -2.22. The summed E-state index contributed by atoms with van der Waals surface area (Å²) >= 11 is 3.45. The number of hydrogen-bond acceptors (Lipinski definition) is 5. The van der Waals surface area contributed by atoms with Gasteiger partial charge in [0.2, 0.25) is 0 Å². The van der Waals surface area contributed by atoms with E-state index in [1.807, 2.05) is 43.4 Å². The van der Waals surface area contributed by atoms with Crippen molar-refractivity contribution < 1.29 is 24.2 Å². The van der Waals surface area contributed by atoms with E-state index < -0.39 is 18.2 Å². The summed E-state index contributed by atoms with van der Waals surface area (Å²) in [4.78, 5) is 23.7. The molecule has 39 heavy (non-hydrogen) atoms. The molecular formula is C32H40BrNO5. The van der Waals surface area contributed by atoms with E-state index in [9.17, 15) is 14.7 Å². The van der Waals surface area contributed by atoms with Crippen LogP contribution in [0, 0.1) is 29.1 Å². The Morgan fingerprint density at radius 2 is 1.95 bits per heavy atom. The molecule has 4 unspecified atom stereocenters. The van der Waals surface area contributed by atoms with Crippen molar-refractivity contribution in [2.75, 3.05) is 0 Å². The zero-order valence-corrected chi connectivity index (χ0v) is 24.8. The predicted molar refractivity (Wildman–Crippen MR) is 159 cm³/mol. The number of hydrogen-bond donors (Lipinski definition) is 2. The quantitative estimate of drug-likeness (QED) is 0.213. The van der Waals surface area contributed by atoms with Crippen molar-refractivity contribution >= 4 is 28.0 Å². The summed E-state index contributed by atoms with van der Waals surface area (Å²) in [6.45, 7) is 8.32. The number of carbonyl (C=O) groups is 2. The van der Waals surface area contributed by atoms with Gasteiger partial charge in [-0.05, 0) is 88.7 Å². The van der Waals surface area contributed by atoms with Crippen LogP contribution in [0.15, 0.2) is 71.3 Å². The smallest absolute Gasteiger partial charge is 0.404 e. The first-order valence-corrected chi connectivity index (χ1v) is 14.1. The largest absolute Gasteiger partial charge is 0.507 e. The number of allylic oxidation sites excluding steroid dienone is 5. The van der Waals surface area contributed by atoms with Gasteiger partial charge in [-0.1, -0.05) is 76.0 Å². The molecule has 0 bridgehead atoms. The number of amides is 1. The first kappa shape index (κ1) is 32.0.